The fraction of sp³-hybridized carbons (Fsp3) is 0. The Labute approximate surface area is 102 Å². The van der Waals surface area contributed by atoms with E-state index < -0.39 is 14.9 Å². The summed E-state index contributed by atoms with van der Waals surface area (Å²) < 4.78 is 22.3. The number of hydrogen-bond acceptors (Lipinski definition) is 5. The summed E-state index contributed by atoms with van der Waals surface area (Å²) >= 11 is 5.65. The van der Waals surface area contributed by atoms with Crippen molar-refractivity contribution >= 4 is 27.3 Å². The maximum Gasteiger partial charge on any atom is 0.250 e. The fourth-order valence-electron chi connectivity index (χ4n) is 1.01. The first-order chi connectivity index (χ1) is 7.80. The van der Waals surface area contributed by atoms with Crippen LogP contribution in [0.1, 0.15) is 0 Å². The molecule has 7 nitrogen and oxygen atoms in total. The molecule has 9 heteroatoms. The number of nitrogens with zero attached hydrogens (tertiary/aromatic N) is 1. The van der Waals surface area contributed by atoms with Crippen LogP contribution in [0.25, 0.3) is 0 Å². The Morgan fingerprint density at radius 2 is 2.12 bits per heavy atom. The van der Waals surface area contributed by atoms with E-state index in [9.17, 15) is 18.5 Å². The van der Waals surface area contributed by atoms with Crippen molar-refractivity contribution in [3.8, 4) is 0 Å². The lowest BCUT2D eigenvalue weighted by molar-refractivity contribution is -0.402. The molecule has 0 aliphatic rings. The van der Waals surface area contributed by atoms with Crippen molar-refractivity contribution in [2.24, 2.45) is 5.14 Å². The monoisotopic (exact) mass is 277 g/mol. The van der Waals surface area contributed by atoms with Crippen LogP contribution in [0.4, 0.5) is 5.69 Å². The first kappa shape index (κ1) is 13.4. The quantitative estimate of drug-likeness (QED) is 0.632. The van der Waals surface area contributed by atoms with Gasteiger partial charge >= 0.3 is 0 Å². The first-order valence-corrected chi connectivity index (χ1v) is 6.12. The van der Waals surface area contributed by atoms with Gasteiger partial charge in [0.2, 0.25) is 16.2 Å². The van der Waals surface area contributed by atoms with Crippen LogP contribution in [0.5, 0.6) is 0 Å². The summed E-state index contributed by atoms with van der Waals surface area (Å²) in [6.45, 7) is 0. The summed E-state index contributed by atoms with van der Waals surface area (Å²) in [5, 5.41) is 17.4. The lowest BCUT2D eigenvalue weighted by Gasteiger charge is -2.04. The summed E-state index contributed by atoms with van der Waals surface area (Å²) in [5.74, 6) is 0. The molecule has 0 bridgehead atoms. The van der Waals surface area contributed by atoms with Crippen LogP contribution >= 0.6 is 11.6 Å². The summed E-state index contributed by atoms with van der Waals surface area (Å²) in [5.41, 5.74) is 0.316. The van der Waals surface area contributed by atoms with E-state index in [0.29, 0.717) is 11.9 Å². The van der Waals surface area contributed by atoms with Crippen molar-refractivity contribution < 1.29 is 13.3 Å². The summed E-state index contributed by atoms with van der Waals surface area (Å²) in [6.07, 6.45) is 1.72. The van der Waals surface area contributed by atoms with E-state index in [0.717, 1.165) is 6.20 Å². The minimum atomic E-state index is -3.93. The third-order valence-corrected chi connectivity index (χ3v) is 3.08. The summed E-state index contributed by atoms with van der Waals surface area (Å²) in [6, 6.07) is 3.97. The van der Waals surface area contributed by atoms with Crippen molar-refractivity contribution in [2.45, 2.75) is 4.90 Å². The molecule has 1 rings (SSSR count). The predicted molar refractivity (Wildman–Crippen MR) is 62.6 cm³/mol. The van der Waals surface area contributed by atoms with Crippen LogP contribution in [0.15, 0.2) is 35.5 Å². The molecule has 17 heavy (non-hydrogen) atoms. The number of sulfonamides is 1. The Morgan fingerprint density at radius 1 is 1.47 bits per heavy atom. The highest BCUT2D eigenvalue weighted by molar-refractivity contribution is 7.89. The first-order valence-electron chi connectivity index (χ1n) is 4.20. The molecule has 0 saturated carbocycles. The third-order valence-electron chi connectivity index (χ3n) is 1.68. The number of benzene rings is 1. The normalized spacial score (nSPS) is 11.6. The van der Waals surface area contributed by atoms with E-state index in [2.05, 4.69) is 5.32 Å². The molecule has 0 aliphatic heterocycles. The molecule has 3 N–H and O–H groups in total. The Bertz CT molecular complexity index is 570. The molecule has 0 radical (unpaired) electrons. The van der Waals surface area contributed by atoms with Gasteiger partial charge in [-0.15, -0.1) is 0 Å². The number of nitro groups is 1. The van der Waals surface area contributed by atoms with Crippen molar-refractivity contribution in [3.05, 3.63) is 45.7 Å². The molecule has 1 aromatic carbocycles. The molecule has 0 fully saturated rings. The smallest absolute Gasteiger partial charge is 0.250 e. The number of hydrogen-bond donors (Lipinski definition) is 2. The highest BCUT2D eigenvalue weighted by Gasteiger charge is 2.13. The zero-order chi connectivity index (χ0) is 13.1. The molecular weight excluding hydrogens is 270 g/mol. The van der Waals surface area contributed by atoms with Gasteiger partial charge in [-0.1, -0.05) is 11.6 Å². The van der Waals surface area contributed by atoms with Crippen molar-refractivity contribution in [2.75, 3.05) is 5.32 Å². The third kappa shape index (κ3) is 4.02. The maximum atomic E-state index is 11.1. The second-order valence-corrected chi connectivity index (χ2v) is 4.87. The SMILES string of the molecule is NS(=O)(=O)c1cc(N/C=C/[N+](=O)[O-])ccc1Cl. The average molecular weight is 278 g/mol. The van der Waals surface area contributed by atoms with E-state index in [1.165, 1.54) is 18.2 Å². The lowest BCUT2D eigenvalue weighted by atomic mass is 10.3. The summed E-state index contributed by atoms with van der Waals surface area (Å²) in [7, 11) is -3.93. The van der Waals surface area contributed by atoms with Crippen molar-refractivity contribution in [3.63, 3.8) is 0 Å². The number of halogens is 1. The Hall–Kier alpha value is -1.64. The number of nitrogens with one attached hydrogen (secondary N) is 1. The van der Waals surface area contributed by atoms with Gasteiger partial charge in [-0.25, -0.2) is 13.6 Å². The van der Waals surface area contributed by atoms with E-state index >= 15 is 0 Å². The molecule has 92 valence electrons. The summed E-state index contributed by atoms with van der Waals surface area (Å²) in [4.78, 5) is 9.10. The average Bonchev–Trinajstić information content (AvgIpc) is 2.18. The number of anilines is 1. The second-order valence-electron chi connectivity index (χ2n) is 2.94. The van der Waals surface area contributed by atoms with Gasteiger partial charge in [-0.05, 0) is 18.2 Å². The van der Waals surface area contributed by atoms with Crippen molar-refractivity contribution in [1.82, 2.24) is 0 Å². The Kier molecular flexibility index (Phi) is 4.05. The minimum Gasteiger partial charge on any atom is -0.356 e. The Morgan fingerprint density at radius 3 is 2.65 bits per heavy atom. The molecule has 0 spiro atoms. The van der Waals surface area contributed by atoms with E-state index in [4.69, 9.17) is 16.7 Å². The van der Waals surface area contributed by atoms with Crippen LogP contribution in [0, 0.1) is 10.1 Å². The molecule has 0 amide bonds. The second kappa shape index (κ2) is 5.13. The highest BCUT2D eigenvalue weighted by Crippen LogP contribution is 2.23. The van der Waals surface area contributed by atoms with Gasteiger partial charge in [0.15, 0.2) is 0 Å². The molecule has 0 unspecified atom stereocenters. The van der Waals surface area contributed by atoms with Crippen molar-refractivity contribution in [1.29, 1.82) is 0 Å². The van der Waals surface area contributed by atoms with Gasteiger partial charge in [-0.3, -0.25) is 10.1 Å². The van der Waals surface area contributed by atoms with Gasteiger partial charge in [0.05, 0.1) is 16.1 Å². The number of primary sulfonamides is 1. The highest BCUT2D eigenvalue weighted by atomic mass is 35.5. The molecule has 0 aromatic heterocycles. The van der Waals surface area contributed by atoms with Gasteiger partial charge in [-0.2, -0.15) is 0 Å². The molecule has 1 aromatic rings. The van der Waals surface area contributed by atoms with Gasteiger partial charge in [0.1, 0.15) is 4.90 Å². The Balaban J connectivity index is 3.02. The lowest BCUT2D eigenvalue weighted by Crippen LogP contribution is -2.12. The van der Waals surface area contributed by atoms with Gasteiger partial charge in [0.25, 0.3) is 0 Å². The maximum absolute atomic E-state index is 11.1. The van der Waals surface area contributed by atoms with Crippen LogP contribution < -0.4 is 10.5 Å². The topological polar surface area (TPSA) is 115 Å². The molecule has 0 aliphatic carbocycles. The molecule has 0 saturated heterocycles. The van der Waals surface area contributed by atoms with Crippen LogP contribution in [-0.4, -0.2) is 13.3 Å². The van der Waals surface area contributed by atoms with Crippen LogP contribution in [-0.2, 0) is 10.0 Å². The fourth-order valence-corrected chi connectivity index (χ4v) is 2.08. The minimum absolute atomic E-state index is 0.0173. The zero-order valence-corrected chi connectivity index (χ0v) is 9.90. The van der Waals surface area contributed by atoms with Gasteiger partial charge in [0, 0.05) is 5.69 Å². The number of rotatable bonds is 4. The number of nitrogens with two attached hydrogens (primary N) is 1. The largest absolute Gasteiger partial charge is 0.356 e. The van der Waals surface area contributed by atoms with E-state index in [1.807, 2.05) is 0 Å². The van der Waals surface area contributed by atoms with Crippen LogP contribution in [0.3, 0.4) is 0 Å². The predicted octanol–water partition coefficient (Wildman–Crippen LogP) is 1.15. The van der Waals surface area contributed by atoms with E-state index in [1.54, 1.807) is 0 Å². The van der Waals surface area contributed by atoms with Gasteiger partial charge < -0.3 is 5.32 Å². The zero-order valence-electron chi connectivity index (χ0n) is 8.33. The standard InChI is InChI=1S/C8H8ClN3O4S/c9-7-2-1-6(11-3-4-12(13)14)5-8(7)17(10,15)16/h1-5,11H,(H2,10,15,16)/b4-3+. The molecular formula is C8H8ClN3O4S. The van der Waals surface area contributed by atoms with E-state index in [-0.39, 0.29) is 9.92 Å². The molecule has 0 atom stereocenters. The molecule has 0 heterocycles. The van der Waals surface area contributed by atoms with Crippen LogP contribution in [0.2, 0.25) is 5.02 Å².